The Kier molecular flexibility index (Phi) is 14.5. The van der Waals surface area contributed by atoms with E-state index >= 15 is 0 Å². The van der Waals surface area contributed by atoms with Gasteiger partial charge in [-0.15, -0.1) is 6.42 Å². The summed E-state index contributed by atoms with van der Waals surface area (Å²) < 4.78 is 31.5. The van der Waals surface area contributed by atoms with E-state index < -0.39 is 43.1 Å². The fourth-order valence-corrected chi connectivity index (χ4v) is 6.23. The number of phenolic OH excluding ortho intramolecular Hbond substituents is 1. The maximum Gasteiger partial charge on any atom is 0.320 e. The number of aliphatic carboxylic acids is 1. The maximum absolute atomic E-state index is 14.4. The third-order valence-electron chi connectivity index (χ3n) is 6.49. The molecular weight excluding hydrogens is 776 g/mol. The molecule has 0 saturated carbocycles. The predicted octanol–water partition coefficient (Wildman–Crippen LogP) is 6.10. The van der Waals surface area contributed by atoms with Crippen LogP contribution >= 0.6 is 50.8 Å². The molecule has 2 amide bonds. The Morgan fingerprint density at radius 3 is 2.15 bits per heavy atom. The molecule has 2 aromatic rings. The molecule has 4 rings (SSSR count). The molecule has 1 heterocycles. The number of carbonyl (C=O) groups excluding carboxylic acids is 2. The monoisotopic (exact) mass is 803 g/mol. The molecule has 0 saturated heterocycles. The number of amides is 2. The molecule has 0 radical (unpaired) electrons. The Bertz CT molecular complexity index is 1630. The number of terminal acetylenes is 1. The SMILES string of the molecule is C#CC(C)Oc1cc(N2C(=O)C3=C(CCCC3)C2=O)c(F)cc1Cl.CP(=O)(O)CCC(N)C(=O)O.N#Cc1cc(Br)c(O)c(Br)c1. The van der Waals surface area contributed by atoms with Crippen molar-refractivity contribution in [3.63, 3.8) is 0 Å². The molecule has 0 spiro atoms. The van der Waals surface area contributed by atoms with Gasteiger partial charge in [0.25, 0.3) is 11.8 Å². The number of nitriles is 1. The summed E-state index contributed by atoms with van der Waals surface area (Å²) in [5.74, 6) is -0.218. The molecule has 5 N–H and O–H groups in total. The summed E-state index contributed by atoms with van der Waals surface area (Å²) in [5.41, 5.74) is 6.40. The molecule has 0 fully saturated rings. The van der Waals surface area contributed by atoms with Gasteiger partial charge >= 0.3 is 5.97 Å². The molecule has 2 aliphatic rings. The van der Waals surface area contributed by atoms with Crippen LogP contribution in [-0.4, -0.2) is 57.9 Å². The van der Waals surface area contributed by atoms with Gasteiger partial charge in [-0.05, 0) is 89.1 Å². The molecule has 3 unspecified atom stereocenters. The van der Waals surface area contributed by atoms with Crippen molar-refractivity contribution >= 4 is 74.3 Å². The van der Waals surface area contributed by atoms with Crippen molar-refractivity contribution in [3.05, 3.63) is 60.8 Å². The number of hydrogen-bond donors (Lipinski definition) is 4. The van der Waals surface area contributed by atoms with Gasteiger partial charge in [0.15, 0.2) is 13.5 Å². The lowest BCUT2D eigenvalue weighted by Gasteiger charge is -2.19. The van der Waals surface area contributed by atoms with Crippen LogP contribution in [0.2, 0.25) is 5.02 Å². The number of phenols is 1. The Morgan fingerprint density at radius 2 is 1.72 bits per heavy atom. The van der Waals surface area contributed by atoms with Crippen LogP contribution < -0.4 is 15.4 Å². The lowest BCUT2D eigenvalue weighted by atomic mass is 9.93. The molecule has 0 bridgehead atoms. The summed E-state index contributed by atoms with van der Waals surface area (Å²) in [6, 6.07) is 6.31. The standard InChI is InChI=1S/C18H15ClFNO3.C7H3Br2NO.C5H12NO4P/c1-3-10(2)24-16-9-15(14(20)8-13(16)19)21-17(22)11-6-4-5-7-12(11)18(21)23;8-5-1-4(3-10)2-6(9)7(5)11;1-11(9,10)3-2-4(6)5(7)8/h1,8-10H,4-7H2,2H3;1-2,11H;4H,2-3,6H2,1H3,(H,7,8)(H,9,10). The topological polar surface area (TPSA) is 191 Å². The molecule has 0 aromatic heterocycles. The first kappa shape index (κ1) is 39.0. The minimum absolute atomic E-state index is 0.0233. The average molecular weight is 806 g/mol. The summed E-state index contributed by atoms with van der Waals surface area (Å²) in [4.78, 5) is 44.8. The van der Waals surface area contributed by atoms with Gasteiger partial charge < -0.3 is 25.6 Å². The highest BCUT2D eigenvalue weighted by molar-refractivity contribution is 9.11. The number of rotatable bonds is 7. The molecule has 2 aromatic carbocycles. The second kappa shape index (κ2) is 17.1. The summed E-state index contributed by atoms with van der Waals surface area (Å²) >= 11 is 12.2. The second-order valence-corrected chi connectivity index (χ2v) is 14.8. The Balaban J connectivity index is 0.000000279. The van der Waals surface area contributed by atoms with Crippen molar-refractivity contribution < 1.29 is 43.2 Å². The van der Waals surface area contributed by atoms with Crippen molar-refractivity contribution in [3.8, 4) is 29.9 Å². The number of anilines is 1. The molecule has 1 aliphatic carbocycles. The van der Waals surface area contributed by atoms with E-state index in [0.717, 1.165) is 23.8 Å². The van der Waals surface area contributed by atoms with E-state index in [4.69, 9.17) is 43.8 Å². The van der Waals surface area contributed by atoms with Crippen LogP contribution in [0.4, 0.5) is 10.1 Å². The zero-order chi connectivity index (χ0) is 34.9. The highest BCUT2D eigenvalue weighted by Crippen LogP contribution is 2.40. The van der Waals surface area contributed by atoms with Gasteiger partial charge in [0.1, 0.15) is 23.4 Å². The number of hydrogen-bond acceptors (Lipinski definition) is 8. The molecule has 3 atom stereocenters. The van der Waals surface area contributed by atoms with Crippen molar-refractivity contribution in [1.82, 2.24) is 0 Å². The Morgan fingerprint density at radius 1 is 1.20 bits per heavy atom. The minimum atomic E-state index is -3.10. The van der Waals surface area contributed by atoms with Gasteiger partial charge in [-0.3, -0.25) is 18.9 Å². The predicted molar refractivity (Wildman–Crippen MR) is 177 cm³/mol. The van der Waals surface area contributed by atoms with Crippen LogP contribution in [0.25, 0.3) is 0 Å². The first-order valence-corrected chi connectivity index (χ1v) is 17.8. The largest absolute Gasteiger partial charge is 0.506 e. The van der Waals surface area contributed by atoms with Crippen molar-refractivity contribution in [2.75, 3.05) is 17.7 Å². The van der Waals surface area contributed by atoms with Crippen LogP contribution in [0.3, 0.4) is 0 Å². The van der Waals surface area contributed by atoms with Crippen molar-refractivity contribution in [1.29, 1.82) is 5.26 Å². The van der Waals surface area contributed by atoms with Gasteiger partial charge in [-0.25, -0.2) is 9.29 Å². The molecular formula is C30H30Br2ClFN3O8P. The Labute approximate surface area is 286 Å². The van der Waals surface area contributed by atoms with Crippen LogP contribution in [0.5, 0.6) is 11.5 Å². The Hall–Kier alpha value is -3.23. The van der Waals surface area contributed by atoms with E-state index in [2.05, 4.69) is 37.8 Å². The third-order valence-corrected chi connectivity index (χ3v) is 9.08. The van der Waals surface area contributed by atoms with E-state index in [9.17, 15) is 28.4 Å². The van der Waals surface area contributed by atoms with Gasteiger partial charge in [-0.1, -0.05) is 17.5 Å². The van der Waals surface area contributed by atoms with Gasteiger partial charge in [0.2, 0.25) is 0 Å². The highest BCUT2D eigenvalue weighted by Gasteiger charge is 2.41. The van der Waals surface area contributed by atoms with Crippen LogP contribution in [0.15, 0.2) is 44.4 Å². The third kappa shape index (κ3) is 10.7. The number of ether oxygens (including phenoxy) is 1. The minimum Gasteiger partial charge on any atom is -0.506 e. The average Bonchev–Trinajstić information content (AvgIpc) is 3.25. The van der Waals surface area contributed by atoms with E-state index in [0.29, 0.717) is 38.5 Å². The molecule has 46 heavy (non-hydrogen) atoms. The van der Waals surface area contributed by atoms with Crippen LogP contribution in [0.1, 0.15) is 44.6 Å². The maximum atomic E-state index is 14.4. The normalized spacial score (nSPS) is 16.3. The first-order chi connectivity index (χ1) is 21.4. The smallest absolute Gasteiger partial charge is 0.320 e. The van der Waals surface area contributed by atoms with E-state index in [-0.39, 0.29) is 34.8 Å². The molecule has 11 nitrogen and oxygen atoms in total. The number of nitrogens with zero attached hydrogens (tertiary/aromatic N) is 2. The van der Waals surface area contributed by atoms with E-state index in [1.54, 1.807) is 19.1 Å². The summed E-state index contributed by atoms with van der Waals surface area (Å²) in [6.45, 7) is 2.81. The van der Waals surface area contributed by atoms with Crippen molar-refractivity contribution in [2.24, 2.45) is 5.73 Å². The summed E-state index contributed by atoms with van der Waals surface area (Å²) in [6.07, 6.45) is 7.47. The number of imide groups is 1. The lowest BCUT2D eigenvalue weighted by molar-refractivity contribution is -0.138. The highest BCUT2D eigenvalue weighted by atomic mass is 79.9. The van der Waals surface area contributed by atoms with Gasteiger partial charge in [-0.2, -0.15) is 5.26 Å². The van der Waals surface area contributed by atoms with Crippen molar-refractivity contribution in [2.45, 2.75) is 51.2 Å². The van der Waals surface area contributed by atoms with Crippen LogP contribution in [-0.2, 0) is 18.9 Å². The summed E-state index contributed by atoms with van der Waals surface area (Å²) in [5, 5.41) is 26.0. The van der Waals surface area contributed by atoms with Gasteiger partial charge in [0, 0.05) is 30.0 Å². The van der Waals surface area contributed by atoms with Gasteiger partial charge in [0.05, 0.1) is 31.3 Å². The molecule has 246 valence electrons. The number of aromatic hydroxyl groups is 1. The first-order valence-electron chi connectivity index (χ1n) is 13.5. The molecule has 1 aliphatic heterocycles. The zero-order valence-electron chi connectivity index (χ0n) is 24.6. The summed E-state index contributed by atoms with van der Waals surface area (Å²) in [7, 11) is -3.10. The molecule has 16 heteroatoms. The number of halogens is 4. The van der Waals surface area contributed by atoms with E-state index in [1.807, 2.05) is 6.07 Å². The quantitative estimate of drug-likeness (QED) is 0.145. The zero-order valence-corrected chi connectivity index (χ0v) is 29.4. The fraction of sp³-hybridized carbons (Fsp3) is 0.333. The van der Waals surface area contributed by atoms with Crippen LogP contribution in [0, 0.1) is 29.5 Å². The number of carbonyl (C=O) groups is 3. The number of benzene rings is 2. The lowest BCUT2D eigenvalue weighted by Crippen LogP contribution is -2.32. The number of carboxylic acids is 1. The second-order valence-electron chi connectivity index (χ2n) is 10.2. The van der Waals surface area contributed by atoms with E-state index in [1.165, 1.54) is 12.7 Å². The fourth-order valence-electron chi connectivity index (χ4n) is 4.09. The number of nitrogens with two attached hydrogens (primary N) is 1. The number of carboxylic acid groups (broad SMARTS) is 1.